The monoisotopic (exact) mass is 653 g/mol. The standard InChI is InChI=1S/C27H30F2N5O10P/c1-16(24(36)41-14-18-6-4-3-5-7-18)32-45(40,44-17(2)19-8-10-20(11-9-19)34(38)39)42-15-21-23(35)27(28,29)25(43-21)33-13-12-22(30)31-26(33)37/h3-13,16-17,21,23,25,35H,14-15H2,1-2H3,(H,32,40)(H2,30,31,37)/t16-,17?,21+,23?,25+,45?/m0/s1. The van der Waals surface area contributed by atoms with Gasteiger partial charge in [0.15, 0.2) is 6.10 Å². The van der Waals surface area contributed by atoms with E-state index in [2.05, 4.69) is 10.1 Å². The van der Waals surface area contributed by atoms with Crippen LogP contribution in [0.2, 0.25) is 0 Å². The van der Waals surface area contributed by atoms with Gasteiger partial charge in [-0.2, -0.15) is 13.8 Å². The molecule has 0 radical (unpaired) electrons. The molecule has 1 aliphatic heterocycles. The predicted molar refractivity (Wildman–Crippen MR) is 153 cm³/mol. The maximum absolute atomic E-state index is 15.0. The first-order valence-corrected chi connectivity index (χ1v) is 15.0. The van der Waals surface area contributed by atoms with Gasteiger partial charge in [0.05, 0.1) is 17.6 Å². The van der Waals surface area contributed by atoms with Crippen LogP contribution in [0.3, 0.4) is 0 Å². The fraction of sp³-hybridized carbons (Fsp3) is 0.370. The van der Waals surface area contributed by atoms with Crippen LogP contribution in [0.4, 0.5) is 20.3 Å². The molecule has 4 N–H and O–H groups in total. The Bertz CT molecular complexity index is 1610. The largest absolute Gasteiger partial charge is 0.460 e. The van der Waals surface area contributed by atoms with Crippen LogP contribution >= 0.6 is 7.75 Å². The van der Waals surface area contributed by atoms with E-state index in [0.717, 1.165) is 12.3 Å². The number of nitrogens with one attached hydrogen (secondary N) is 1. The van der Waals surface area contributed by atoms with Crippen molar-refractivity contribution in [2.24, 2.45) is 0 Å². The molecule has 45 heavy (non-hydrogen) atoms. The number of non-ortho nitro benzene ring substituents is 1. The minimum atomic E-state index is -4.62. The maximum atomic E-state index is 15.0. The van der Waals surface area contributed by atoms with E-state index in [1.165, 1.54) is 38.1 Å². The number of halogens is 2. The lowest BCUT2D eigenvalue weighted by molar-refractivity contribution is -0.384. The molecule has 15 nitrogen and oxygen atoms in total. The van der Waals surface area contributed by atoms with Crippen LogP contribution < -0.4 is 16.5 Å². The second kappa shape index (κ2) is 13.9. The average molecular weight is 654 g/mol. The summed E-state index contributed by atoms with van der Waals surface area (Å²) in [5, 5.41) is 23.8. The quantitative estimate of drug-likeness (QED) is 0.105. The van der Waals surface area contributed by atoms with E-state index in [1.54, 1.807) is 30.3 Å². The molecule has 6 atom stereocenters. The first-order chi connectivity index (χ1) is 21.2. The summed E-state index contributed by atoms with van der Waals surface area (Å²) in [5.41, 5.74) is 5.05. The summed E-state index contributed by atoms with van der Waals surface area (Å²) in [6.07, 6.45) is -6.81. The molecule has 2 heterocycles. The Morgan fingerprint density at radius 1 is 1.22 bits per heavy atom. The van der Waals surface area contributed by atoms with Crippen molar-refractivity contribution in [1.82, 2.24) is 14.6 Å². The van der Waals surface area contributed by atoms with Crippen LogP contribution in [0.15, 0.2) is 71.7 Å². The summed E-state index contributed by atoms with van der Waals surface area (Å²) in [7, 11) is -4.62. The summed E-state index contributed by atoms with van der Waals surface area (Å²) >= 11 is 0. The number of nitro benzene ring substituents is 1. The highest BCUT2D eigenvalue weighted by Crippen LogP contribution is 2.50. The first-order valence-electron chi connectivity index (χ1n) is 13.4. The zero-order valence-electron chi connectivity index (χ0n) is 23.9. The molecule has 1 aromatic heterocycles. The van der Waals surface area contributed by atoms with E-state index in [1.807, 2.05) is 0 Å². The number of alkyl halides is 2. The minimum Gasteiger partial charge on any atom is -0.460 e. The molecule has 18 heteroatoms. The molecule has 0 amide bonds. The van der Waals surface area contributed by atoms with Crippen LogP contribution in [0.5, 0.6) is 0 Å². The molecule has 0 spiro atoms. The van der Waals surface area contributed by atoms with Gasteiger partial charge in [0, 0.05) is 18.3 Å². The molecule has 3 unspecified atom stereocenters. The minimum absolute atomic E-state index is 0.102. The number of benzene rings is 2. The first kappa shape index (κ1) is 33.8. The molecular weight excluding hydrogens is 623 g/mol. The van der Waals surface area contributed by atoms with Crippen molar-refractivity contribution in [3.05, 3.63) is 98.6 Å². The maximum Gasteiger partial charge on any atom is 0.406 e. The van der Waals surface area contributed by atoms with Crippen molar-refractivity contribution < 1.29 is 46.7 Å². The molecule has 3 aromatic rings. The molecule has 1 saturated heterocycles. The Labute approximate surface area is 254 Å². The number of ether oxygens (including phenoxy) is 2. The van der Waals surface area contributed by atoms with Crippen molar-refractivity contribution in [1.29, 1.82) is 0 Å². The van der Waals surface area contributed by atoms with Gasteiger partial charge in [-0.25, -0.2) is 14.4 Å². The number of nitrogen functional groups attached to an aromatic ring is 1. The number of anilines is 1. The number of nitrogens with zero attached hydrogens (tertiary/aromatic N) is 3. The number of aliphatic hydroxyl groups excluding tert-OH is 1. The Kier molecular flexibility index (Phi) is 10.4. The topological polar surface area (TPSA) is 207 Å². The highest BCUT2D eigenvalue weighted by atomic mass is 31.2. The number of hydrogen-bond donors (Lipinski definition) is 3. The number of aromatic nitrogens is 2. The Morgan fingerprint density at radius 2 is 1.89 bits per heavy atom. The van der Waals surface area contributed by atoms with E-state index in [0.29, 0.717) is 15.7 Å². The lowest BCUT2D eigenvalue weighted by Gasteiger charge is -2.26. The number of hydrogen-bond acceptors (Lipinski definition) is 12. The molecule has 0 bridgehead atoms. The molecular formula is C27H30F2N5O10P. The number of nitro groups is 1. The molecule has 1 aliphatic rings. The molecule has 2 aromatic carbocycles. The highest BCUT2D eigenvalue weighted by Gasteiger charge is 2.60. The predicted octanol–water partition coefficient (Wildman–Crippen LogP) is 3.25. The summed E-state index contributed by atoms with van der Waals surface area (Å²) in [5.74, 6) is -5.09. The SMILES string of the molecule is CC(OP(=O)(N[C@@H](C)C(=O)OCc1ccccc1)OC[C@H]1O[C@@H](n2ccc(N)nc2=O)C(F)(F)C1O)c1ccc([N+](=O)[O-])cc1. The van der Waals surface area contributed by atoms with Crippen LogP contribution in [0, 0.1) is 10.1 Å². The van der Waals surface area contributed by atoms with Gasteiger partial charge in [-0.3, -0.25) is 28.5 Å². The van der Waals surface area contributed by atoms with Crippen LogP contribution in [0.1, 0.15) is 37.3 Å². The van der Waals surface area contributed by atoms with Gasteiger partial charge in [0.25, 0.3) is 5.69 Å². The number of esters is 1. The van der Waals surface area contributed by atoms with Crippen LogP contribution in [-0.2, 0) is 34.5 Å². The molecule has 1 fully saturated rings. The fourth-order valence-corrected chi connectivity index (χ4v) is 5.92. The number of carbonyl (C=O) groups excluding carboxylic acids is 1. The number of aliphatic hydroxyl groups is 1. The van der Waals surface area contributed by atoms with E-state index in [-0.39, 0.29) is 18.1 Å². The lowest BCUT2D eigenvalue weighted by Crippen LogP contribution is -2.42. The summed E-state index contributed by atoms with van der Waals surface area (Å²) in [6.45, 7) is 1.68. The zero-order valence-corrected chi connectivity index (χ0v) is 24.8. The van der Waals surface area contributed by atoms with Gasteiger partial charge in [-0.05, 0) is 43.2 Å². The van der Waals surface area contributed by atoms with Crippen molar-refractivity contribution in [2.45, 2.75) is 57.0 Å². The van der Waals surface area contributed by atoms with Gasteiger partial charge in [-0.15, -0.1) is 0 Å². The van der Waals surface area contributed by atoms with Gasteiger partial charge < -0.3 is 20.3 Å². The number of rotatable bonds is 13. The zero-order chi connectivity index (χ0) is 32.9. The Balaban J connectivity index is 1.51. The van der Waals surface area contributed by atoms with Crippen molar-refractivity contribution in [3.63, 3.8) is 0 Å². The van der Waals surface area contributed by atoms with Crippen molar-refractivity contribution in [3.8, 4) is 0 Å². The Hall–Kier alpha value is -4.12. The second-order valence-corrected chi connectivity index (χ2v) is 11.7. The third kappa shape index (κ3) is 8.13. The third-order valence-corrected chi connectivity index (χ3v) is 8.48. The third-order valence-electron chi connectivity index (χ3n) is 6.69. The fourth-order valence-electron chi connectivity index (χ4n) is 4.26. The normalized spacial score (nSPS) is 21.8. The molecule has 0 saturated carbocycles. The van der Waals surface area contributed by atoms with E-state index in [9.17, 15) is 29.4 Å². The molecule has 4 rings (SSSR count). The molecule has 242 valence electrons. The highest BCUT2D eigenvalue weighted by molar-refractivity contribution is 7.51. The van der Waals surface area contributed by atoms with Gasteiger partial charge in [-0.1, -0.05) is 30.3 Å². The van der Waals surface area contributed by atoms with E-state index < -0.39 is 67.4 Å². The average Bonchev–Trinajstić information content (AvgIpc) is 3.22. The van der Waals surface area contributed by atoms with Crippen molar-refractivity contribution in [2.75, 3.05) is 12.3 Å². The number of nitrogens with two attached hydrogens (primary N) is 1. The lowest BCUT2D eigenvalue weighted by atomic mass is 10.1. The van der Waals surface area contributed by atoms with Crippen molar-refractivity contribution >= 4 is 25.2 Å². The van der Waals surface area contributed by atoms with Gasteiger partial charge in [0.2, 0.25) is 6.23 Å². The van der Waals surface area contributed by atoms with Gasteiger partial charge >= 0.3 is 25.3 Å². The van der Waals surface area contributed by atoms with Gasteiger partial charge in [0.1, 0.15) is 24.6 Å². The summed E-state index contributed by atoms with van der Waals surface area (Å²) in [6, 6.07) is 13.6. The van der Waals surface area contributed by atoms with Crippen LogP contribution in [-0.4, -0.2) is 56.3 Å². The molecule has 0 aliphatic carbocycles. The second-order valence-electron chi connectivity index (χ2n) is 10.0. The summed E-state index contributed by atoms with van der Waals surface area (Å²) in [4.78, 5) is 38.7. The van der Waals surface area contributed by atoms with Crippen LogP contribution in [0.25, 0.3) is 0 Å². The summed E-state index contributed by atoms with van der Waals surface area (Å²) < 4.78 is 66.0. The Morgan fingerprint density at radius 3 is 2.51 bits per heavy atom. The smallest absolute Gasteiger partial charge is 0.406 e. The van der Waals surface area contributed by atoms with E-state index >= 15 is 8.78 Å². The van der Waals surface area contributed by atoms with E-state index in [4.69, 9.17) is 24.3 Å². The number of carbonyl (C=O) groups is 1.